The van der Waals surface area contributed by atoms with E-state index in [0.29, 0.717) is 10.6 Å². The molecule has 0 bridgehead atoms. The van der Waals surface area contributed by atoms with E-state index in [1.165, 1.54) is 0 Å². The fourth-order valence-corrected chi connectivity index (χ4v) is 2.85. The number of aliphatic hydroxyl groups is 1. The standard InChI is InChI=1S/C14H12BrClO/c1-14(17,10-6-2-4-8-12(10)15)11-7-3-5-9-13(11)16/h2-9,17H,1H3. The Kier molecular flexibility index (Phi) is 3.57. The molecule has 0 aromatic heterocycles. The first-order valence-corrected chi connectivity index (χ1v) is 6.43. The molecule has 17 heavy (non-hydrogen) atoms. The lowest BCUT2D eigenvalue weighted by atomic mass is 9.88. The molecule has 0 saturated carbocycles. The van der Waals surface area contributed by atoms with E-state index >= 15 is 0 Å². The number of benzene rings is 2. The van der Waals surface area contributed by atoms with Crippen LogP contribution in [0.1, 0.15) is 18.1 Å². The summed E-state index contributed by atoms with van der Waals surface area (Å²) in [4.78, 5) is 0. The third-order valence-electron chi connectivity index (χ3n) is 2.80. The Morgan fingerprint density at radius 3 is 2.12 bits per heavy atom. The molecule has 1 nitrogen and oxygen atoms in total. The highest BCUT2D eigenvalue weighted by Gasteiger charge is 2.29. The lowest BCUT2D eigenvalue weighted by molar-refractivity contribution is 0.102. The van der Waals surface area contributed by atoms with Gasteiger partial charge in [0.05, 0.1) is 0 Å². The Morgan fingerprint density at radius 2 is 1.53 bits per heavy atom. The fourth-order valence-electron chi connectivity index (χ4n) is 1.86. The van der Waals surface area contributed by atoms with Gasteiger partial charge in [0.2, 0.25) is 0 Å². The first-order valence-electron chi connectivity index (χ1n) is 5.26. The predicted molar refractivity (Wildman–Crippen MR) is 74.3 cm³/mol. The van der Waals surface area contributed by atoms with Crippen LogP contribution in [-0.2, 0) is 5.60 Å². The lowest BCUT2D eigenvalue weighted by Crippen LogP contribution is -2.23. The smallest absolute Gasteiger partial charge is 0.114 e. The molecular formula is C14H12BrClO. The Morgan fingerprint density at radius 1 is 1.00 bits per heavy atom. The summed E-state index contributed by atoms with van der Waals surface area (Å²) in [6.07, 6.45) is 0. The quantitative estimate of drug-likeness (QED) is 0.874. The molecule has 0 aliphatic heterocycles. The predicted octanol–water partition coefficient (Wildman–Crippen LogP) is 4.36. The molecule has 0 aliphatic carbocycles. The zero-order valence-electron chi connectivity index (χ0n) is 9.32. The van der Waals surface area contributed by atoms with E-state index in [9.17, 15) is 5.11 Å². The number of rotatable bonds is 2. The zero-order chi connectivity index (χ0) is 12.5. The van der Waals surface area contributed by atoms with E-state index in [-0.39, 0.29) is 0 Å². The van der Waals surface area contributed by atoms with Crippen molar-refractivity contribution in [3.8, 4) is 0 Å². The first kappa shape index (κ1) is 12.6. The minimum Gasteiger partial charge on any atom is -0.381 e. The second-order valence-corrected chi connectivity index (χ2v) is 5.29. The molecular weight excluding hydrogens is 300 g/mol. The van der Waals surface area contributed by atoms with Crippen LogP contribution in [0.15, 0.2) is 53.0 Å². The van der Waals surface area contributed by atoms with Crippen LogP contribution in [0.3, 0.4) is 0 Å². The van der Waals surface area contributed by atoms with Gasteiger partial charge in [-0.25, -0.2) is 0 Å². The van der Waals surface area contributed by atoms with Gasteiger partial charge in [-0.15, -0.1) is 0 Å². The van der Waals surface area contributed by atoms with Crippen LogP contribution < -0.4 is 0 Å². The van der Waals surface area contributed by atoms with Crippen molar-refractivity contribution in [2.24, 2.45) is 0 Å². The van der Waals surface area contributed by atoms with E-state index in [0.717, 1.165) is 10.0 Å². The SMILES string of the molecule is CC(O)(c1ccccc1Cl)c1ccccc1Br. The number of hydrogen-bond acceptors (Lipinski definition) is 1. The monoisotopic (exact) mass is 310 g/mol. The molecule has 2 aromatic carbocycles. The zero-order valence-corrected chi connectivity index (χ0v) is 11.7. The molecule has 0 fully saturated rings. The summed E-state index contributed by atoms with van der Waals surface area (Å²) in [7, 11) is 0. The van der Waals surface area contributed by atoms with Crippen molar-refractivity contribution >= 4 is 27.5 Å². The van der Waals surface area contributed by atoms with Gasteiger partial charge < -0.3 is 5.11 Å². The van der Waals surface area contributed by atoms with Crippen molar-refractivity contribution in [1.29, 1.82) is 0 Å². The van der Waals surface area contributed by atoms with Crippen molar-refractivity contribution < 1.29 is 5.11 Å². The van der Waals surface area contributed by atoms with Crippen molar-refractivity contribution in [2.45, 2.75) is 12.5 Å². The molecule has 1 N–H and O–H groups in total. The summed E-state index contributed by atoms with van der Waals surface area (Å²) in [6.45, 7) is 1.74. The van der Waals surface area contributed by atoms with Gasteiger partial charge in [0, 0.05) is 20.6 Å². The van der Waals surface area contributed by atoms with E-state index < -0.39 is 5.60 Å². The molecule has 1 unspecified atom stereocenters. The van der Waals surface area contributed by atoms with Crippen molar-refractivity contribution in [3.05, 3.63) is 69.2 Å². The summed E-state index contributed by atoms with van der Waals surface area (Å²) < 4.78 is 0.866. The van der Waals surface area contributed by atoms with Gasteiger partial charge in [-0.3, -0.25) is 0 Å². The lowest BCUT2D eigenvalue weighted by Gasteiger charge is -2.26. The van der Waals surface area contributed by atoms with Crippen LogP contribution in [0.4, 0.5) is 0 Å². The molecule has 0 amide bonds. The average molecular weight is 312 g/mol. The molecule has 3 heteroatoms. The highest BCUT2D eigenvalue weighted by Crippen LogP contribution is 2.37. The largest absolute Gasteiger partial charge is 0.381 e. The Bertz CT molecular complexity index is 490. The third-order valence-corrected chi connectivity index (χ3v) is 3.82. The van der Waals surface area contributed by atoms with Crippen LogP contribution in [0.25, 0.3) is 0 Å². The second-order valence-electron chi connectivity index (χ2n) is 4.03. The van der Waals surface area contributed by atoms with Crippen LogP contribution in [0.5, 0.6) is 0 Å². The van der Waals surface area contributed by atoms with Crippen molar-refractivity contribution in [1.82, 2.24) is 0 Å². The molecule has 0 aliphatic rings. The van der Waals surface area contributed by atoms with Crippen LogP contribution in [0, 0.1) is 0 Å². The van der Waals surface area contributed by atoms with E-state index in [4.69, 9.17) is 11.6 Å². The fraction of sp³-hybridized carbons (Fsp3) is 0.143. The van der Waals surface area contributed by atoms with Gasteiger partial charge in [-0.1, -0.05) is 63.9 Å². The maximum absolute atomic E-state index is 10.7. The molecule has 1 atom stereocenters. The number of halogens is 2. The highest BCUT2D eigenvalue weighted by molar-refractivity contribution is 9.10. The average Bonchev–Trinajstić information content (AvgIpc) is 2.29. The van der Waals surface area contributed by atoms with Gasteiger partial charge in [-0.2, -0.15) is 0 Å². The van der Waals surface area contributed by atoms with Crippen LogP contribution >= 0.6 is 27.5 Å². The van der Waals surface area contributed by atoms with Gasteiger partial charge in [-0.05, 0) is 19.1 Å². The van der Waals surface area contributed by atoms with Gasteiger partial charge in [0.15, 0.2) is 0 Å². The van der Waals surface area contributed by atoms with Crippen LogP contribution in [-0.4, -0.2) is 5.11 Å². The summed E-state index contributed by atoms with van der Waals surface area (Å²) >= 11 is 9.59. The molecule has 0 heterocycles. The summed E-state index contributed by atoms with van der Waals surface area (Å²) in [5.74, 6) is 0. The van der Waals surface area contributed by atoms with Crippen LogP contribution in [0.2, 0.25) is 5.02 Å². The summed E-state index contributed by atoms with van der Waals surface area (Å²) in [5.41, 5.74) is 0.389. The second kappa shape index (κ2) is 4.81. The summed E-state index contributed by atoms with van der Waals surface area (Å²) in [6, 6.07) is 14.9. The molecule has 2 aromatic rings. The molecule has 0 spiro atoms. The van der Waals surface area contributed by atoms with E-state index in [1.807, 2.05) is 42.5 Å². The maximum atomic E-state index is 10.7. The summed E-state index contributed by atoms with van der Waals surface area (Å²) in [5, 5.41) is 11.3. The highest BCUT2D eigenvalue weighted by atomic mass is 79.9. The topological polar surface area (TPSA) is 20.2 Å². The van der Waals surface area contributed by atoms with E-state index in [2.05, 4.69) is 15.9 Å². The Labute approximate surface area is 114 Å². The van der Waals surface area contributed by atoms with E-state index in [1.54, 1.807) is 13.0 Å². The molecule has 0 saturated heterocycles. The molecule has 0 radical (unpaired) electrons. The Hall–Kier alpha value is -0.830. The first-order chi connectivity index (χ1) is 8.03. The molecule has 2 rings (SSSR count). The van der Waals surface area contributed by atoms with Crippen molar-refractivity contribution in [2.75, 3.05) is 0 Å². The minimum atomic E-state index is -1.11. The molecule has 88 valence electrons. The maximum Gasteiger partial charge on any atom is 0.114 e. The Balaban J connectivity index is 2.58. The van der Waals surface area contributed by atoms with Gasteiger partial charge in [0.1, 0.15) is 5.60 Å². The normalized spacial score (nSPS) is 14.4. The minimum absolute atomic E-state index is 0.563. The van der Waals surface area contributed by atoms with Gasteiger partial charge >= 0.3 is 0 Å². The van der Waals surface area contributed by atoms with Gasteiger partial charge in [0.25, 0.3) is 0 Å². The van der Waals surface area contributed by atoms with Crippen molar-refractivity contribution in [3.63, 3.8) is 0 Å². The third kappa shape index (κ3) is 2.39. The number of hydrogen-bond donors (Lipinski definition) is 1.